The molecule has 0 saturated carbocycles. The second kappa shape index (κ2) is 16.3. The van der Waals surface area contributed by atoms with Gasteiger partial charge in [-0.2, -0.15) is 8.42 Å². The van der Waals surface area contributed by atoms with Gasteiger partial charge in [-0.1, -0.05) is 37.8 Å². The van der Waals surface area contributed by atoms with Crippen LogP contribution in [0.4, 0.5) is 4.39 Å². The molecule has 0 unspecified atom stereocenters. The number of hydrogen-bond acceptors (Lipinski definition) is 3. The van der Waals surface area contributed by atoms with Crippen molar-refractivity contribution >= 4 is 10.1 Å². The largest absolute Gasteiger partial charge is 0.310 e. The SMILES string of the molecule is C=CCNCC=C.O=S(=O)(O)CCCCCCCCF. The molecule has 6 heteroatoms. The van der Waals surface area contributed by atoms with Crippen molar-refractivity contribution in [1.29, 1.82) is 0 Å². The highest BCUT2D eigenvalue weighted by molar-refractivity contribution is 7.85. The van der Waals surface area contributed by atoms with Crippen molar-refractivity contribution in [2.24, 2.45) is 0 Å². The highest BCUT2D eigenvalue weighted by Gasteiger charge is 2.02. The fourth-order valence-corrected chi connectivity index (χ4v) is 1.94. The van der Waals surface area contributed by atoms with Gasteiger partial charge in [-0.3, -0.25) is 8.94 Å². The second-order valence-electron chi connectivity index (χ2n) is 4.33. The second-order valence-corrected chi connectivity index (χ2v) is 5.90. The molecule has 0 aromatic heterocycles. The molecule has 0 aromatic carbocycles. The lowest BCUT2D eigenvalue weighted by Gasteiger charge is -1.98. The van der Waals surface area contributed by atoms with Gasteiger partial charge in [-0.15, -0.1) is 13.2 Å². The minimum absolute atomic E-state index is 0.157. The molecule has 4 nitrogen and oxygen atoms in total. The van der Waals surface area contributed by atoms with Crippen LogP contribution >= 0.6 is 0 Å². The van der Waals surface area contributed by atoms with Gasteiger partial charge in [-0.25, -0.2) is 0 Å². The van der Waals surface area contributed by atoms with Gasteiger partial charge >= 0.3 is 0 Å². The van der Waals surface area contributed by atoms with Crippen LogP contribution in [-0.4, -0.2) is 38.5 Å². The summed E-state index contributed by atoms with van der Waals surface area (Å²) in [4.78, 5) is 0. The van der Waals surface area contributed by atoms with E-state index in [2.05, 4.69) is 18.5 Å². The van der Waals surface area contributed by atoms with Crippen LogP contribution in [0.15, 0.2) is 25.3 Å². The first-order valence-electron chi connectivity index (χ1n) is 6.91. The maximum absolute atomic E-state index is 11.6. The molecule has 2 N–H and O–H groups in total. The molecule has 0 atom stereocenters. The van der Waals surface area contributed by atoms with Gasteiger partial charge in [0.2, 0.25) is 0 Å². The molecule has 0 amide bonds. The maximum Gasteiger partial charge on any atom is 0.264 e. The van der Waals surface area contributed by atoms with Crippen LogP contribution in [0, 0.1) is 0 Å². The number of nitrogens with one attached hydrogen (secondary N) is 1. The fraction of sp³-hybridized carbons (Fsp3) is 0.714. The van der Waals surface area contributed by atoms with Crippen LogP contribution in [0.1, 0.15) is 38.5 Å². The van der Waals surface area contributed by atoms with Crippen molar-refractivity contribution in [3.8, 4) is 0 Å². The summed E-state index contributed by atoms with van der Waals surface area (Å²) in [6.45, 7) is 8.53. The molecule has 0 radical (unpaired) electrons. The van der Waals surface area contributed by atoms with Crippen molar-refractivity contribution in [1.82, 2.24) is 5.32 Å². The predicted octanol–water partition coefficient (Wildman–Crippen LogP) is 3.13. The van der Waals surface area contributed by atoms with Crippen LogP contribution < -0.4 is 5.32 Å². The average Bonchev–Trinajstić information content (AvgIpc) is 2.38. The van der Waals surface area contributed by atoms with Crippen molar-refractivity contribution in [2.75, 3.05) is 25.5 Å². The first-order valence-corrected chi connectivity index (χ1v) is 8.52. The quantitative estimate of drug-likeness (QED) is 0.330. The number of rotatable bonds is 12. The Morgan fingerprint density at radius 3 is 1.80 bits per heavy atom. The van der Waals surface area contributed by atoms with E-state index in [1.807, 2.05) is 12.2 Å². The van der Waals surface area contributed by atoms with E-state index in [0.717, 1.165) is 38.8 Å². The molecule has 120 valence electrons. The van der Waals surface area contributed by atoms with E-state index < -0.39 is 10.1 Å². The highest BCUT2D eigenvalue weighted by atomic mass is 32.2. The summed E-state index contributed by atoms with van der Waals surface area (Å²) in [5, 5.41) is 3.05. The van der Waals surface area contributed by atoms with Crippen molar-refractivity contribution in [2.45, 2.75) is 38.5 Å². The van der Waals surface area contributed by atoms with E-state index in [9.17, 15) is 12.8 Å². The Balaban J connectivity index is 0. The minimum atomic E-state index is -3.78. The molecule has 0 heterocycles. The maximum atomic E-state index is 11.6. The lowest BCUT2D eigenvalue weighted by Crippen LogP contribution is -2.11. The monoisotopic (exact) mass is 309 g/mol. The molecule has 0 fully saturated rings. The Kier molecular flexibility index (Phi) is 17.6. The van der Waals surface area contributed by atoms with Gasteiger partial charge in [0.25, 0.3) is 10.1 Å². The summed E-state index contributed by atoms with van der Waals surface area (Å²) in [5.41, 5.74) is 0. The number of alkyl halides is 1. The third-order valence-electron chi connectivity index (χ3n) is 2.36. The number of hydrogen-bond donors (Lipinski definition) is 2. The van der Waals surface area contributed by atoms with Gasteiger partial charge in [0.15, 0.2) is 0 Å². The average molecular weight is 309 g/mol. The Labute approximate surface area is 122 Å². The highest BCUT2D eigenvalue weighted by Crippen LogP contribution is 2.06. The summed E-state index contributed by atoms with van der Waals surface area (Å²) in [7, 11) is -3.78. The molecule has 0 rings (SSSR count). The Morgan fingerprint density at radius 1 is 0.950 bits per heavy atom. The summed E-state index contributed by atoms with van der Waals surface area (Å²) in [6, 6.07) is 0. The Bertz CT molecular complexity index is 310. The molecule has 0 saturated heterocycles. The molecule has 0 aliphatic rings. The number of halogens is 1. The zero-order valence-corrected chi connectivity index (χ0v) is 13.0. The summed E-state index contributed by atoms with van der Waals surface area (Å²) < 4.78 is 40.5. The predicted molar refractivity (Wildman–Crippen MR) is 83.4 cm³/mol. The van der Waals surface area contributed by atoms with Gasteiger partial charge in [0.1, 0.15) is 0 Å². The van der Waals surface area contributed by atoms with Gasteiger partial charge in [0, 0.05) is 13.1 Å². The van der Waals surface area contributed by atoms with E-state index in [1.165, 1.54) is 0 Å². The van der Waals surface area contributed by atoms with Gasteiger partial charge < -0.3 is 5.32 Å². The van der Waals surface area contributed by atoms with Crippen LogP contribution in [0.3, 0.4) is 0 Å². The summed E-state index contributed by atoms with van der Waals surface area (Å²) >= 11 is 0. The molecule has 20 heavy (non-hydrogen) atoms. The van der Waals surface area contributed by atoms with Crippen molar-refractivity contribution in [3.63, 3.8) is 0 Å². The molecule has 0 spiro atoms. The van der Waals surface area contributed by atoms with E-state index in [0.29, 0.717) is 12.8 Å². The lowest BCUT2D eigenvalue weighted by molar-refractivity contribution is 0.450. The standard InChI is InChI=1S/C8H17FO3S.C6H11N/c9-7-5-3-1-2-4-6-8-13(10,11)12;1-3-5-7-6-4-2/h1-8H2,(H,10,11,12);3-4,7H,1-2,5-6H2. The molecule has 0 aliphatic heterocycles. The van der Waals surface area contributed by atoms with Gasteiger partial charge in [0.05, 0.1) is 12.4 Å². The lowest BCUT2D eigenvalue weighted by atomic mass is 10.1. The van der Waals surface area contributed by atoms with Gasteiger partial charge in [-0.05, 0) is 12.8 Å². The molecule has 0 aromatic rings. The van der Waals surface area contributed by atoms with Crippen molar-refractivity contribution in [3.05, 3.63) is 25.3 Å². The third-order valence-corrected chi connectivity index (χ3v) is 3.17. The fourth-order valence-electron chi connectivity index (χ4n) is 1.37. The molecular formula is C14H28FNO3S. The van der Waals surface area contributed by atoms with Crippen LogP contribution in [0.25, 0.3) is 0 Å². The normalized spacial score (nSPS) is 10.5. The molecule has 0 aliphatic carbocycles. The Morgan fingerprint density at radius 2 is 1.40 bits per heavy atom. The Hall–Kier alpha value is -0.720. The smallest absolute Gasteiger partial charge is 0.264 e. The number of unbranched alkanes of at least 4 members (excludes halogenated alkanes) is 5. The molecule has 0 bridgehead atoms. The van der Waals surface area contributed by atoms with E-state index in [1.54, 1.807) is 0 Å². The van der Waals surface area contributed by atoms with Crippen molar-refractivity contribution < 1.29 is 17.4 Å². The first-order chi connectivity index (χ1) is 9.47. The van der Waals surface area contributed by atoms with E-state index in [4.69, 9.17) is 4.55 Å². The molecular weight excluding hydrogens is 281 g/mol. The van der Waals surface area contributed by atoms with E-state index >= 15 is 0 Å². The zero-order chi connectivity index (χ0) is 15.7. The minimum Gasteiger partial charge on any atom is -0.310 e. The summed E-state index contributed by atoms with van der Waals surface area (Å²) in [6.07, 6.45) is 8.24. The topological polar surface area (TPSA) is 66.4 Å². The third kappa shape index (κ3) is 26.0. The first kappa shape index (κ1) is 21.6. The summed E-state index contributed by atoms with van der Waals surface area (Å²) in [5.74, 6) is -0.157. The van der Waals surface area contributed by atoms with Crippen LogP contribution in [0.5, 0.6) is 0 Å². The van der Waals surface area contributed by atoms with Crippen LogP contribution in [-0.2, 0) is 10.1 Å². The zero-order valence-electron chi connectivity index (χ0n) is 12.2. The van der Waals surface area contributed by atoms with E-state index in [-0.39, 0.29) is 12.4 Å². The van der Waals surface area contributed by atoms with Crippen LogP contribution in [0.2, 0.25) is 0 Å².